The fraction of sp³-hybridized carbons (Fsp3) is 0.500. The molecule has 2 heterocycles. The molecule has 1 aromatic rings. The molecule has 98 valence electrons. The second kappa shape index (κ2) is 4.73. The second-order valence-corrected chi connectivity index (χ2v) is 9.70. The van der Waals surface area contributed by atoms with E-state index in [4.69, 9.17) is 16.0 Å². The third-order valence-electron chi connectivity index (χ3n) is 2.09. The molecule has 1 aliphatic heterocycles. The smallest absolute Gasteiger partial charge is 0.255 e. The fourth-order valence-electron chi connectivity index (χ4n) is 1.58. The standard InChI is InChI=1S/C10H16ClN5OSi/c1-6(17-18(2,3)4)14-10-15-8(11)7-9(16-10)13-5-12-7/h12H,5H2,1-4H3,(H,13,15,16). The van der Waals surface area contributed by atoms with Crippen LogP contribution in [0.25, 0.3) is 0 Å². The highest BCUT2D eigenvalue weighted by molar-refractivity contribution is 6.71. The third kappa shape index (κ3) is 3.11. The van der Waals surface area contributed by atoms with Gasteiger partial charge in [-0.2, -0.15) is 15.0 Å². The number of hydrogen-bond acceptors (Lipinski definition) is 6. The van der Waals surface area contributed by atoms with E-state index >= 15 is 0 Å². The van der Waals surface area contributed by atoms with Crippen LogP contribution in [0.4, 0.5) is 17.5 Å². The average molecular weight is 286 g/mol. The van der Waals surface area contributed by atoms with Crippen molar-refractivity contribution >= 4 is 43.3 Å². The molecule has 0 aliphatic carbocycles. The third-order valence-corrected chi connectivity index (χ3v) is 3.27. The molecule has 0 spiro atoms. The van der Waals surface area contributed by atoms with E-state index in [1.165, 1.54) is 0 Å². The Kier molecular flexibility index (Phi) is 3.44. The molecule has 0 unspecified atom stereocenters. The first kappa shape index (κ1) is 13.1. The number of nitrogens with zero attached hydrogens (tertiary/aromatic N) is 3. The molecule has 0 aromatic carbocycles. The summed E-state index contributed by atoms with van der Waals surface area (Å²) in [4.78, 5) is 12.6. The molecule has 0 bridgehead atoms. The van der Waals surface area contributed by atoms with Crippen LogP contribution in [0.5, 0.6) is 0 Å². The minimum atomic E-state index is -1.66. The predicted octanol–water partition coefficient (Wildman–Crippen LogP) is 2.83. The molecule has 18 heavy (non-hydrogen) atoms. The molecule has 0 radical (unpaired) electrons. The zero-order valence-electron chi connectivity index (χ0n) is 10.8. The minimum Gasteiger partial charge on any atom is -0.535 e. The van der Waals surface area contributed by atoms with Crippen LogP contribution in [-0.4, -0.2) is 30.9 Å². The van der Waals surface area contributed by atoms with Gasteiger partial charge < -0.3 is 15.1 Å². The maximum absolute atomic E-state index is 6.04. The molecule has 8 heteroatoms. The lowest BCUT2D eigenvalue weighted by molar-refractivity contribution is 0.547. The van der Waals surface area contributed by atoms with E-state index in [9.17, 15) is 0 Å². The van der Waals surface area contributed by atoms with Crippen LogP contribution in [0.1, 0.15) is 6.92 Å². The largest absolute Gasteiger partial charge is 0.535 e. The van der Waals surface area contributed by atoms with E-state index in [-0.39, 0.29) is 0 Å². The molecule has 2 rings (SSSR count). The van der Waals surface area contributed by atoms with E-state index in [0.29, 0.717) is 29.5 Å². The Bertz CT molecular complexity index is 500. The van der Waals surface area contributed by atoms with Crippen LogP contribution in [-0.2, 0) is 4.43 Å². The van der Waals surface area contributed by atoms with E-state index in [2.05, 4.69) is 45.2 Å². The van der Waals surface area contributed by atoms with Crippen LogP contribution in [0.2, 0.25) is 24.8 Å². The Hall–Kier alpha value is -1.34. The van der Waals surface area contributed by atoms with E-state index in [0.717, 1.165) is 5.69 Å². The van der Waals surface area contributed by atoms with Crippen LogP contribution >= 0.6 is 11.6 Å². The van der Waals surface area contributed by atoms with Crippen LogP contribution in [0.3, 0.4) is 0 Å². The molecule has 1 aromatic heterocycles. The van der Waals surface area contributed by atoms with Gasteiger partial charge >= 0.3 is 0 Å². The van der Waals surface area contributed by atoms with Crippen LogP contribution in [0, 0.1) is 0 Å². The summed E-state index contributed by atoms with van der Waals surface area (Å²) in [6, 6.07) is 0. The zero-order valence-corrected chi connectivity index (χ0v) is 12.6. The Labute approximate surface area is 112 Å². The molecule has 6 nitrogen and oxygen atoms in total. The van der Waals surface area contributed by atoms with Crippen molar-refractivity contribution in [1.82, 2.24) is 9.97 Å². The van der Waals surface area contributed by atoms with Gasteiger partial charge in [0, 0.05) is 6.92 Å². The summed E-state index contributed by atoms with van der Waals surface area (Å²) in [6.07, 6.45) is 0. The van der Waals surface area contributed by atoms with Crippen LogP contribution in [0.15, 0.2) is 4.99 Å². The predicted molar refractivity (Wildman–Crippen MR) is 76.4 cm³/mol. The minimum absolute atomic E-state index is 0.311. The number of halogens is 1. The molecular formula is C10H16ClN5OSi. The molecule has 2 N–H and O–H groups in total. The van der Waals surface area contributed by atoms with Gasteiger partial charge in [0.1, 0.15) is 5.69 Å². The summed E-state index contributed by atoms with van der Waals surface area (Å²) in [5.74, 6) is 1.55. The van der Waals surface area contributed by atoms with Crippen molar-refractivity contribution < 1.29 is 4.43 Å². The quantitative estimate of drug-likeness (QED) is 0.378. The first-order valence-corrected chi connectivity index (χ1v) is 9.43. The van der Waals surface area contributed by atoms with Crippen molar-refractivity contribution in [1.29, 1.82) is 0 Å². The number of fused-ring (bicyclic) bond motifs is 1. The fourth-order valence-corrected chi connectivity index (χ4v) is 2.74. The van der Waals surface area contributed by atoms with Gasteiger partial charge in [0.2, 0.25) is 8.32 Å². The van der Waals surface area contributed by atoms with Crippen molar-refractivity contribution in [3.63, 3.8) is 0 Å². The molecule has 0 atom stereocenters. The van der Waals surface area contributed by atoms with E-state index in [1.54, 1.807) is 6.92 Å². The summed E-state index contributed by atoms with van der Waals surface area (Å²) in [6.45, 7) is 8.67. The highest BCUT2D eigenvalue weighted by Gasteiger charge is 2.19. The number of aliphatic imine (C=N–C) groups is 1. The lowest BCUT2D eigenvalue weighted by atomic mass is 10.5. The van der Waals surface area contributed by atoms with Crippen molar-refractivity contribution in [2.75, 3.05) is 17.3 Å². The van der Waals surface area contributed by atoms with Crippen LogP contribution < -0.4 is 10.6 Å². The molecule has 0 fully saturated rings. The zero-order chi connectivity index (χ0) is 13.3. The Balaban J connectivity index is 2.25. The molecule has 1 aliphatic rings. The monoisotopic (exact) mass is 285 g/mol. The van der Waals surface area contributed by atoms with Crippen molar-refractivity contribution in [3.8, 4) is 0 Å². The van der Waals surface area contributed by atoms with Gasteiger partial charge in [0.05, 0.1) is 6.67 Å². The summed E-state index contributed by atoms with van der Waals surface area (Å²) in [7, 11) is -1.66. The maximum Gasteiger partial charge on any atom is 0.255 e. The number of anilines is 2. The lowest BCUT2D eigenvalue weighted by Crippen LogP contribution is -2.27. The molecular weight excluding hydrogens is 270 g/mol. The first-order chi connectivity index (χ1) is 8.35. The molecule has 0 saturated carbocycles. The van der Waals surface area contributed by atoms with Gasteiger partial charge in [-0.15, -0.1) is 0 Å². The highest BCUT2D eigenvalue weighted by atomic mass is 35.5. The Morgan fingerprint density at radius 2 is 2.06 bits per heavy atom. The highest BCUT2D eigenvalue weighted by Crippen LogP contribution is 2.32. The van der Waals surface area contributed by atoms with Gasteiger partial charge in [0.15, 0.2) is 16.9 Å². The number of nitrogens with one attached hydrogen (secondary N) is 2. The van der Waals surface area contributed by atoms with Gasteiger partial charge in [-0.05, 0) is 19.6 Å². The number of rotatable bonds is 2. The van der Waals surface area contributed by atoms with Gasteiger partial charge in [-0.1, -0.05) is 11.6 Å². The number of hydrogen-bond donors (Lipinski definition) is 2. The topological polar surface area (TPSA) is 71.4 Å². The SMILES string of the molecule is CC(=Nc1nc(Cl)c2c(n1)NCN2)O[Si](C)(C)C. The summed E-state index contributed by atoms with van der Waals surface area (Å²) in [5, 5.41) is 6.47. The molecule has 0 saturated heterocycles. The second-order valence-electron chi connectivity index (χ2n) is 4.91. The average Bonchev–Trinajstić information content (AvgIpc) is 2.62. The van der Waals surface area contributed by atoms with Crippen molar-refractivity contribution in [2.24, 2.45) is 4.99 Å². The van der Waals surface area contributed by atoms with E-state index in [1.807, 2.05) is 0 Å². The van der Waals surface area contributed by atoms with Gasteiger partial charge in [-0.3, -0.25) is 0 Å². The summed E-state index contributed by atoms with van der Waals surface area (Å²) in [5.41, 5.74) is 0.722. The number of aromatic nitrogens is 2. The summed E-state index contributed by atoms with van der Waals surface area (Å²) < 4.78 is 5.73. The molecule has 0 amide bonds. The van der Waals surface area contributed by atoms with E-state index < -0.39 is 8.32 Å². The maximum atomic E-state index is 6.04. The first-order valence-electron chi connectivity index (χ1n) is 5.65. The van der Waals surface area contributed by atoms with Crippen molar-refractivity contribution in [2.45, 2.75) is 26.6 Å². The normalized spacial score (nSPS) is 14.8. The van der Waals surface area contributed by atoms with Crippen molar-refractivity contribution in [3.05, 3.63) is 5.15 Å². The Morgan fingerprint density at radius 1 is 1.33 bits per heavy atom. The summed E-state index contributed by atoms with van der Waals surface area (Å²) >= 11 is 6.04. The van der Waals surface area contributed by atoms with Gasteiger partial charge in [0.25, 0.3) is 5.95 Å². The lowest BCUT2D eigenvalue weighted by Gasteiger charge is -2.18. The van der Waals surface area contributed by atoms with Gasteiger partial charge in [-0.25, -0.2) is 0 Å². The Morgan fingerprint density at radius 3 is 2.72 bits per heavy atom.